The zero-order valence-electron chi connectivity index (χ0n) is 10.5. The summed E-state index contributed by atoms with van der Waals surface area (Å²) >= 11 is 0. The highest BCUT2D eigenvalue weighted by Crippen LogP contribution is 2.16. The lowest BCUT2D eigenvalue weighted by Gasteiger charge is -2.17. The minimum atomic E-state index is -1.26. The summed E-state index contributed by atoms with van der Waals surface area (Å²) in [5.74, 6) is -0.766. The molecule has 0 spiro atoms. The normalized spacial score (nSPS) is 19.6. The monoisotopic (exact) mass is 261 g/mol. The number of amides is 1. The third kappa shape index (κ3) is 3.42. The fraction of sp³-hybridized carbons (Fsp3) is 0.286. The molecule has 0 saturated carbocycles. The molecule has 2 rings (SSSR count). The lowest BCUT2D eigenvalue weighted by atomic mass is 10.1. The van der Waals surface area contributed by atoms with E-state index in [0.29, 0.717) is 5.57 Å². The zero-order valence-corrected chi connectivity index (χ0v) is 10.5. The Morgan fingerprint density at radius 3 is 2.68 bits per heavy atom. The molecule has 100 valence electrons. The van der Waals surface area contributed by atoms with Gasteiger partial charge in [0.2, 0.25) is 12.2 Å². The van der Waals surface area contributed by atoms with Crippen LogP contribution in [0.25, 0.3) is 0 Å². The number of rotatable bonds is 4. The second-order valence-electron chi connectivity index (χ2n) is 4.39. The van der Waals surface area contributed by atoms with E-state index in [1.165, 1.54) is 6.08 Å². The zero-order chi connectivity index (χ0) is 13.8. The van der Waals surface area contributed by atoms with Crippen molar-refractivity contribution < 1.29 is 19.4 Å². The number of carbonyl (C=O) groups excluding carboxylic acids is 2. The van der Waals surface area contributed by atoms with Crippen molar-refractivity contribution in [2.24, 2.45) is 0 Å². The van der Waals surface area contributed by atoms with Crippen LogP contribution >= 0.6 is 0 Å². The number of carbonyl (C=O) groups is 2. The first kappa shape index (κ1) is 13.3. The van der Waals surface area contributed by atoms with Gasteiger partial charge in [0.15, 0.2) is 0 Å². The van der Waals surface area contributed by atoms with Crippen molar-refractivity contribution in [3.8, 4) is 0 Å². The van der Waals surface area contributed by atoms with Gasteiger partial charge in [-0.1, -0.05) is 30.3 Å². The Labute approximate surface area is 110 Å². The number of ether oxygens (including phenoxy) is 1. The minimum Gasteiger partial charge on any atom is -0.429 e. The second-order valence-corrected chi connectivity index (χ2v) is 4.39. The van der Waals surface area contributed by atoms with Crippen molar-refractivity contribution in [2.75, 3.05) is 0 Å². The van der Waals surface area contributed by atoms with Crippen molar-refractivity contribution >= 4 is 11.9 Å². The van der Waals surface area contributed by atoms with Crippen LogP contribution in [0.5, 0.6) is 0 Å². The molecule has 0 bridgehead atoms. The van der Waals surface area contributed by atoms with Gasteiger partial charge in [-0.3, -0.25) is 4.79 Å². The Hall–Kier alpha value is -2.14. The summed E-state index contributed by atoms with van der Waals surface area (Å²) in [7, 11) is 0. The summed E-state index contributed by atoms with van der Waals surface area (Å²) in [5.41, 5.74) is 1.27. The maximum absolute atomic E-state index is 11.8. The van der Waals surface area contributed by atoms with E-state index in [0.717, 1.165) is 5.56 Å². The third-order valence-corrected chi connectivity index (χ3v) is 2.88. The maximum atomic E-state index is 11.8. The summed E-state index contributed by atoms with van der Waals surface area (Å²) < 4.78 is 4.57. The summed E-state index contributed by atoms with van der Waals surface area (Å²) in [6.45, 7) is 1.69. The van der Waals surface area contributed by atoms with Gasteiger partial charge in [-0.2, -0.15) is 0 Å². The molecular formula is C14H15NO4. The third-order valence-electron chi connectivity index (χ3n) is 2.88. The smallest absolute Gasteiger partial charge is 0.333 e. The van der Waals surface area contributed by atoms with Crippen molar-refractivity contribution in [2.45, 2.75) is 25.7 Å². The second kappa shape index (κ2) is 5.67. The Morgan fingerprint density at radius 1 is 1.42 bits per heavy atom. The molecule has 1 heterocycles. The predicted molar refractivity (Wildman–Crippen MR) is 67.9 cm³/mol. The van der Waals surface area contributed by atoms with E-state index >= 15 is 0 Å². The first-order chi connectivity index (χ1) is 9.06. The molecule has 0 aliphatic carbocycles. The molecule has 1 aliphatic rings. The molecule has 0 radical (unpaired) electrons. The number of hydrogen-bond donors (Lipinski definition) is 2. The van der Waals surface area contributed by atoms with Gasteiger partial charge < -0.3 is 15.2 Å². The number of nitrogens with one attached hydrogen (secondary N) is 1. The standard InChI is InChI=1S/C14H15NO4/c1-9(11-8-13(17)19-14(11)18)15-12(16)7-10-5-3-2-4-6-10/h2-6,8-9,14,18H,7H2,1H3,(H,15,16). The van der Waals surface area contributed by atoms with Gasteiger partial charge >= 0.3 is 5.97 Å². The van der Waals surface area contributed by atoms with Crippen LogP contribution in [0.1, 0.15) is 12.5 Å². The number of esters is 1. The fourth-order valence-corrected chi connectivity index (χ4v) is 1.92. The lowest BCUT2D eigenvalue weighted by Crippen LogP contribution is -2.37. The summed E-state index contributed by atoms with van der Waals surface area (Å²) in [6.07, 6.45) is 0.195. The van der Waals surface area contributed by atoms with Crippen LogP contribution in [0.15, 0.2) is 42.0 Å². The molecule has 5 nitrogen and oxygen atoms in total. The molecule has 2 atom stereocenters. The molecule has 19 heavy (non-hydrogen) atoms. The van der Waals surface area contributed by atoms with Crippen LogP contribution in [0, 0.1) is 0 Å². The first-order valence-electron chi connectivity index (χ1n) is 5.99. The highest BCUT2D eigenvalue weighted by atomic mass is 16.6. The predicted octanol–water partition coefficient (Wildman–Crippen LogP) is 0.535. The minimum absolute atomic E-state index is 0.175. The molecule has 1 amide bonds. The van der Waals surface area contributed by atoms with Crippen LogP contribution in [0.4, 0.5) is 0 Å². The van der Waals surface area contributed by atoms with Crippen molar-refractivity contribution in [3.63, 3.8) is 0 Å². The fourth-order valence-electron chi connectivity index (χ4n) is 1.92. The molecule has 2 unspecified atom stereocenters. The van der Waals surface area contributed by atoms with E-state index in [2.05, 4.69) is 10.1 Å². The molecule has 1 aromatic rings. The van der Waals surface area contributed by atoms with Gasteiger partial charge in [-0.15, -0.1) is 0 Å². The van der Waals surface area contributed by atoms with Gasteiger partial charge in [0.25, 0.3) is 0 Å². The van der Waals surface area contributed by atoms with Crippen LogP contribution in [0.3, 0.4) is 0 Å². The van der Waals surface area contributed by atoms with Crippen LogP contribution in [0.2, 0.25) is 0 Å². The summed E-state index contributed by atoms with van der Waals surface area (Å²) in [4.78, 5) is 22.8. The Bertz CT molecular complexity index is 509. The molecule has 0 saturated heterocycles. The summed E-state index contributed by atoms with van der Waals surface area (Å²) in [6, 6.07) is 8.88. The number of cyclic esters (lactones) is 1. The first-order valence-corrected chi connectivity index (χ1v) is 5.99. The largest absolute Gasteiger partial charge is 0.429 e. The topological polar surface area (TPSA) is 75.6 Å². The number of benzene rings is 1. The number of hydrogen-bond acceptors (Lipinski definition) is 4. The van der Waals surface area contributed by atoms with E-state index < -0.39 is 18.3 Å². The highest BCUT2D eigenvalue weighted by Gasteiger charge is 2.28. The average molecular weight is 261 g/mol. The van der Waals surface area contributed by atoms with Gasteiger partial charge in [0.1, 0.15) is 0 Å². The number of aliphatic hydroxyl groups is 1. The van der Waals surface area contributed by atoms with E-state index in [-0.39, 0.29) is 12.3 Å². The highest BCUT2D eigenvalue weighted by molar-refractivity contribution is 5.86. The molecule has 0 aromatic heterocycles. The molecule has 1 aromatic carbocycles. The van der Waals surface area contributed by atoms with Gasteiger partial charge in [-0.25, -0.2) is 4.79 Å². The van der Waals surface area contributed by atoms with E-state index in [4.69, 9.17) is 0 Å². The molecule has 5 heteroatoms. The van der Waals surface area contributed by atoms with Gasteiger partial charge in [0.05, 0.1) is 12.5 Å². The van der Waals surface area contributed by atoms with E-state index in [1.807, 2.05) is 30.3 Å². The van der Waals surface area contributed by atoms with Gasteiger partial charge in [0, 0.05) is 11.6 Å². The quantitative estimate of drug-likeness (QED) is 0.775. The molecule has 2 N–H and O–H groups in total. The lowest BCUT2D eigenvalue weighted by molar-refractivity contribution is -0.151. The van der Waals surface area contributed by atoms with Crippen LogP contribution in [-0.4, -0.2) is 29.3 Å². The SMILES string of the molecule is CC(NC(=O)Cc1ccccc1)C1=CC(=O)OC1O. The molecule has 0 fully saturated rings. The Kier molecular flexibility index (Phi) is 3.97. The Morgan fingerprint density at radius 2 is 2.11 bits per heavy atom. The van der Waals surface area contributed by atoms with Crippen molar-refractivity contribution in [1.82, 2.24) is 5.32 Å². The van der Waals surface area contributed by atoms with Crippen molar-refractivity contribution in [1.29, 1.82) is 0 Å². The maximum Gasteiger partial charge on any atom is 0.333 e. The average Bonchev–Trinajstić information content (AvgIpc) is 2.69. The number of aliphatic hydroxyl groups excluding tert-OH is 1. The van der Waals surface area contributed by atoms with E-state index in [9.17, 15) is 14.7 Å². The van der Waals surface area contributed by atoms with Crippen LogP contribution < -0.4 is 5.32 Å². The van der Waals surface area contributed by atoms with Gasteiger partial charge in [-0.05, 0) is 12.5 Å². The summed E-state index contributed by atoms with van der Waals surface area (Å²) in [5, 5.41) is 12.2. The molecular weight excluding hydrogens is 246 g/mol. The Balaban J connectivity index is 1.92. The molecule has 1 aliphatic heterocycles. The van der Waals surface area contributed by atoms with Crippen LogP contribution in [-0.2, 0) is 20.7 Å². The van der Waals surface area contributed by atoms with E-state index in [1.54, 1.807) is 6.92 Å². The van der Waals surface area contributed by atoms with Crippen molar-refractivity contribution in [3.05, 3.63) is 47.5 Å².